The molecular formula is C35H32N4O6. The first kappa shape index (κ1) is 32.0. The van der Waals surface area contributed by atoms with E-state index in [4.69, 9.17) is 9.47 Å². The highest BCUT2D eigenvalue weighted by molar-refractivity contribution is 5.94. The average Bonchev–Trinajstić information content (AvgIpc) is 3.07. The summed E-state index contributed by atoms with van der Waals surface area (Å²) in [5.74, 6) is -0.886. The molecule has 10 heteroatoms. The minimum atomic E-state index is -0.492. The molecule has 0 saturated heterocycles. The molecule has 4 aromatic rings. The number of nitrogens with zero attached hydrogens (tertiary/aromatic N) is 2. The van der Waals surface area contributed by atoms with Gasteiger partial charge in [0.15, 0.2) is 0 Å². The number of unbranched alkanes of at least 4 members (excludes halogenated alkanes) is 2. The number of hydrazone groups is 2. The molecule has 0 radical (unpaired) electrons. The van der Waals surface area contributed by atoms with Crippen LogP contribution in [0.2, 0.25) is 0 Å². The van der Waals surface area contributed by atoms with Crippen molar-refractivity contribution in [1.29, 1.82) is 0 Å². The van der Waals surface area contributed by atoms with Gasteiger partial charge in [-0.2, -0.15) is 10.2 Å². The van der Waals surface area contributed by atoms with Gasteiger partial charge < -0.3 is 9.47 Å². The quantitative estimate of drug-likeness (QED) is 0.0626. The molecule has 0 aliphatic heterocycles. The fourth-order valence-electron chi connectivity index (χ4n) is 4.03. The van der Waals surface area contributed by atoms with Crippen molar-refractivity contribution in [3.8, 4) is 11.5 Å². The molecule has 0 unspecified atom stereocenters. The lowest BCUT2D eigenvalue weighted by Crippen LogP contribution is -2.18. The van der Waals surface area contributed by atoms with E-state index in [0.29, 0.717) is 53.0 Å². The summed E-state index contributed by atoms with van der Waals surface area (Å²) in [5, 5.41) is 7.96. The summed E-state index contributed by atoms with van der Waals surface area (Å²) in [4.78, 5) is 49.1. The van der Waals surface area contributed by atoms with Crippen LogP contribution >= 0.6 is 0 Å². The molecule has 2 amide bonds. The fraction of sp³-hybridized carbons (Fsp3) is 0.143. The maximum Gasteiger partial charge on any atom is 0.343 e. The Kier molecular flexibility index (Phi) is 12.3. The van der Waals surface area contributed by atoms with Crippen LogP contribution in [0.25, 0.3) is 0 Å². The molecule has 10 nitrogen and oxygen atoms in total. The summed E-state index contributed by atoms with van der Waals surface area (Å²) in [6.07, 6.45) is 5.11. The van der Waals surface area contributed by atoms with Crippen molar-refractivity contribution in [3.05, 3.63) is 131 Å². The van der Waals surface area contributed by atoms with Crippen molar-refractivity contribution in [2.75, 3.05) is 0 Å². The number of ether oxygens (including phenoxy) is 2. The van der Waals surface area contributed by atoms with Gasteiger partial charge in [0.1, 0.15) is 11.5 Å². The lowest BCUT2D eigenvalue weighted by molar-refractivity contribution is -0.121. The first-order chi connectivity index (χ1) is 22.0. The van der Waals surface area contributed by atoms with Crippen LogP contribution in [0, 0.1) is 0 Å². The molecule has 0 spiro atoms. The number of para-hydroxylation sites is 2. The van der Waals surface area contributed by atoms with Gasteiger partial charge in [-0.25, -0.2) is 20.4 Å². The van der Waals surface area contributed by atoms with E-state index in [-0.39, 0.29) is 24.7 Å². The normalized spacial score (nSPS) is 10.8. The monoisotopic (exact) mass is 604 g/mol. The van der Waals surface area contributed by atoms with Crippen molar-refractivity contribution < 1.29 is 28.7 Å². The third kappa shape index (κ3) is 10.7. The van der Waals surface area contributed by atoms with Crippen LogP contribution in [0.3, 0.4) is 0 Å². The first-order valence-electron chi connectivity index (χ1n) is 14.4. The summed E-state index contributed by atoms with van der Waals surface area (Å²) >= 11 is 0. The lowest BCUT2D eigenvalue weighted by atomic mass is 10.1. The fourth-order valence-corrected chi connectivity index (χ4v) is 4.03. The predicted octanol–water partition coefficient (Wildman–Crippen LogP) is 5.68. The highest BCUT2D eigenvalue weighted by atomic mass is 16.5. The van der Waals surface area contributed by atoms with Crippen molar-refractivity contribution in [3.63, 3.8) is 0 Å². The zero-order valence-electron chi connectivity index (χ0n) is 24.4. The van der Waals surface area contributed by atoms with Crippen LogP contribution in [0.15, 0.2) is 119 Å². The molecule has 0 aliphatic carbocycles. The minimum Gasteiger partial charge on any atom is -0.422 e. The molecule has 0 atom stereocenters. The van der Waals surface area contributed by atoms with E-state index in [1.165, 1.54) is 12.4 Å². The second-order valence-corrected chi connectivity index (χ2v) is 9.73. The SMILES string of the molecule is O=C(CCCCCC(=O)N/N=C\c1ccccc1OC(=O)c1ccccc1)N/N=C\c1ccccc1OC(=O)c1ccccc1. The highest BCUT2D eigenvalue weighted by Gasteiger charge is 2.12. The van der Waals surface area contributed by atoms with Gasteiger partial charge in [-0.05, 0) is 61.4 Å². The number of esters is 2. The smallest absolute Gasteiger partial charge is 0.343 e. The standard InChI is InChI=1S/C35H32N4O6/c40-32(38-36-24-28-18-10-12-20-30(28)44-34(42)26-14-4-1-5-15-26)22-8-3-9-23-33(41)39-37-25-29-19-11-13-21-31(29)45-35(43)27-16-6-2-7-17-27/h1-2,4-7,10-21,24-25H,3,8-9,22-23H2,(H,38,40)(H,39,41)/b36-24-,37-25-. The Morgan fingerprint density at radius 2 is 0.889 bits per heavy atom. The topological polar surface area (TPSA) is 136 Å². The van der Waals surface area contributed by atoms with Crippen LogP contribution in [0.1, 0.15) is 63.9 Å². The third-order valence-corrected chi connectivity index (χ3v) is 6.36. The molecule has 45 heavy (non-hydrogen) atoms. The molecule has 0 aliphatic rings. The first-order valence-corrected chi connectivity index (χ1v) is 14.4. The van der Waals surface area contributed by atoms with Crippen LogP contribution in [0.5, 0.6) is 11.5 Å². The Labute approximate surface area is 260 Å². The number of hydrogen-bond donors (Lipinski definition) is 2. The van der Waals surface area contributed by atoms with Crippen molar-refractivity contribution in [1.82, 2.24) is 10.9 Å². The van der Waals surface area contributed by atoms with E-state index in [1.54, 1.807) is 97.1 Å². The number of carbonyl (C=O) groups is 4. The molecule has 0 heterocycles. The van der Waals surface area contributed by atoms with E-state index in [0.717, 1.165) is 0 Å². The van der Waals surface area contributed by atoms with Crippen LogP contribution in [-0.2, 0) is 9.59 Å². The number of hydrogen-bond acceptors (Lipinski definition) is 8. The third-order valence-electron chi connectivity index (χ3n) is 6.36. The van der Waals surface area contributed by atoms with E-state index >= 15 is 0 Å². The number of rotatable bonds is 14. The Balaban J connectivity index is 1.13. The second-order valence-electron chi connectivity index (χ2n) is 9.73. The van der Waals surface area contributed by atoms with Gasteiger partial charge >= 0.3 is 11.9 Å². The van der Waals surface area contributed by atoms with Gasteiger partial charge in [0.05, 0.1) is 23.6 Å². The van der Waals surface area contributed by atoms with Gasteiger partial charge in [0.2, 0.25) is 11.8 Å². The number of nitrogens with one attached hydrogen (secondary N) is 2. The zero-order valence-corrected chi connectivity index (χ0v) is 24.4. The molecule has 0 saturated carbocycles. The van der Waals surface area contributed by atoms with Gasteiger partial charge in [-0.3, -0.25) is 9.59 Å². The van der Waals surface area contributed by atoms with Gasteiger partial charge in [0, 0.05) is 24.0 Å². The van der Waals surface area contributed by atoms with E-state index in [9.17, 15) is 19.2 Å². The maximum atomic E-state index is 12.4. The Morgan fingerprint density at radius 3 is 1.31 bits per heavy atom. The summed E-state index contributed by atoms with van der Waals surface area (Å²) in [5.41, 5.74) is 6.86. The maximum absolute atomic E-state index is 12.4. The molecule has 228 valence electrons. The van der Waals surface area contributed by atoms with E-state index in [2.05, 4.69) is 21.1 Å². The highest BCUT2D eigenvalue weighted by Crippen LogP contribution is 2.19. The van der Waals surface area contributed by atoms with Crippen LogP contribution < -0.4 is 20.3 Å². The van der Waals surface area contributed by atoms with Crippen LogP contribution in [0.4, 0.5) is 0 Å². The second kappa shape index (κ2) is 17.3. The van der Waals surface area contributed by atoms with E-state index < -0.39 is 11.9 Å². The summed E-state index contributed by atoms with van der Waals surface area (Å²) in [6.45, 7) is 0. The zero-order chi connectivity index (χ0) is 31.7. The Morgan fingerprint density at radius 1 is 0.511 bits per heavy atom. The number of carbonyl (C=O) groups excluding carboxylic acids is 4. The molecule has 4 aromatic carbocycles. The Hall–Kier alpha value is -5.90. The lowest BCUT2D eigenvalue weighted by Gasteiger charge is -2.07. The molecule has 4 rings (SSSR count). The van der Waals surface area contributed by atoms with E-state index in [1.807, 2.05) is 12.1 Å². The van der Waals surface area contributed by atoms with Gasteiger partial charge in [-0.1, -0.05) is 67.1 Å². The molecule has 0 bridgehead atoms. The molecule has 0 aromatic heterocycles. The summed E-state index contributed by atoms with van der Waals surface area (Å²) in [6, 6.07) is 31.0. The predicted molar refractivity (Wildman–Crippen MR) is 170 cm³/mol. The average molecular weight is 605 g/mol. The molecular weight excluding hydrogens is 572 g/mol. The Bertz CT molecular complexity index is 1530. The van der Waals surface area contributed by atoms with Gasteiger partial charge in [-0.15, -0.1) is 0 Å². The van der Waals surface area contributed by atoms with Gasteiger partial charge in [0.25, 0.3) is 0 Å². The minimum absolute atomic E-state index is 0.236. The van der Waals surface area contributed by atoms with Crippen LogP contribution in [-0.4, -0.2) is 36.2 Å². The summed E-state index contributed by atoms with van der Waals surface area (Å²) < 4.78 is 11.0. The molecule has 2 N–H and O–H groups in total. The van der Waals surface area contributed by atoms with Crippen molar-refractivity contribution >= 4 is 36.2 Å². The summed E-state index contributed by atoms with van der Waals surface area (Å²) in [7, 11) is 0. The number of amides is 2. The largest absolute Gasteiger partial charge is 0.422 e. The number of benzene rings is 4. The van der Waals surface area contributed by atoms with Crippen molar-refractivity contribution in [2.24, 2.45) is 10.2 Å². The van der Waals surface area contributed by atoms with Crippen molar-refractivity contribution in [2.45, 2.75) is 32.1 Å². The molecule has 0 fully saturated rings.